The van der Waals surface area contributed by atoms with Gasteiger partial charge in [-0.25, -0.2) is 24.7 Å². The normalized spacial score (nSPS) is 19.9. The molecule has 4 aromatic heterocycles. The molecule has 64 heavy (non-hydrogen) atoms. The van der Waals surface area contributed by atoms with Crippen LogP contribution in [0.1, 0.15) is 92.4 Å². The molecular weight excluding hydrogens is 865 g/mol. The molecule has 2 aliphatic heterocycles. The van der Waals surface area contributed by atoms with Crippen molar-refractivity contribution in [2.24, 2.45) is 11.8 Å². The monoisotopic (exact) mass is 913 g/mol. The molecule has 1 N–H and O–H groups in total. The highest BCUT2D eigenvalue weighted by Crippen LogP contribution is 2.37. The molecule has 19 heteroatoms. The molecule has 0 radical (unpaired) electrons. The summed E-state index contributed by atoms with van der Waals surface area (Å²) in [6.45, 7) is 5.48. The number of halogens is 2. The molecule has 0 spiro atoms. The van der Waals surface area contributed by atoms with Crippen LogP contribution in [0.4, 0.5) is 4.79 Å². The van der Waals surface area contributed by atoms with Crippen molar-refractivity contribution in [3.8, 4) is 23.0 Å². The van der Waals surface area contributed by atoms with Crippen LogP contribution in [-0.4, -0.2) is 77.9 Å². The van der Waals surface area contributed by atoms with E-state index in [1.165, 1.54) is 0 Å². The van der Waals surface area contributed by atoms with E-state index in [-0.39, 0.29) is 42.1 Å². The fourth-order valence-electron chi connectivity index (χ4n) is 8.93. The number of carbonyl (C=O) groups excluding carboxylic acids is 2. The van der Waals surface area contributed by atoms with E-state index in [2.05, 4.69) is 44.4 Å². The number of nitrogens with zero attached hydrogens (tertiary/aromatic N) is 8. The molecule has 6 heterocycles. The van der Waals surface area contributed by atoms with Crippen LogP contribution in [0.2, 0.25) is 10.6 Å². The van der Waals surface area contributed by atoms with Crippen molar-refractivity contribution in [1.29, 1.82) is 0 Å². The minimum Gasteiger partial charge on any atom is -0.465 e. The average molecular weight is 915 g/mol. The standard InChI is InChI=1S/C23H25ClN4O4.C22H24ClN5O4/c1-14-21-22(27-23(24)26-14)28(12-25-21)17-6-2-16(3-7-17)11-30-20(29)9-5-15-4-8-18-19(10-15)32-13-31-18;1-13-19-20(27-21(23)26-13)28(11-25-19)16-4-2-3-15(7-16)10-30-22(29)24-9-14-5-6-17-18(8-14)32-12-31-17/h4,8,10,12,16-17H,2-3,5-7,9,11,13H2,1H3;5-6,8,11,15-16H,2-4,7,9-10,12H2,1H3,(H,24,29)/t;15-,16+/m.1/s1. The van der Waals surface area contributed by atoms with Crippen LogP contribution >= 0.6 is 23.2 Å². The first-order valence-electron chi connectivity index (χ1n) is 21.7. The molecular formula is C45H49Cl2N9O8. The van der Waals surface area contributed by atoms with E-state index in [0.717, 1.165) is 113 Å². The molecule has 2 aromatic carbocycles. The number of carbonyl (C=O) groups is 2. The Labute approximate surface area is 379 Å². The average Bonchev–Trinajstić information content (AvgIpc) is 4.13. The number of imidazole rings is 2. The van der Waals surface area contributed by atoms with Gasteiger partial charge in [-0.05, 0) is 136 Å². The zero-order valence-electron chi connectivity index (χ0n) is 35.6. The summed E-state index contributed by atoms with van der Waals surface area (Å²) in [7, 11) is 0. The molecule has 2 saturated carbocycles. The SMILES string of the molecule is Cc1nc(Cl)nc2c1ncn2C1CCC(COC(=O)CCc2ccc3c(c2)OCO3)CC1.Cc1nc(Cl)nc2c1ncn2[C@H]1CCC[C@@H](COC(=O)NCc2ccc3c(c2)OCO3)C1. The smallest absolute Gasteiger partial charge is 0.407 e. The van der Waals surface area contributed by atoms with Gasteiger partial charge in [0.15, 0.2) is 34.3 Å². The molecule has 2 aliphatic carbocycles. The Balaban J connectivity index is 0.000000162. The van der Waals surface area contributed by atoms with Crippen LogP contribution in [0.3, 0.4) is 0 Å². The maximum absolute atomic E-state index is 12.2. The van der Waals surface area contributed by atoms with E-state index in [1.807, 2.05) is 62.9 Å². The van der Waals surface area contributed by atoms with E-state index in [4.69, 9.17) is 51.6 Å². The number of esters is 1. The molecule has 0 bridgehead atoms. The molecule has 0 saturated heterocycles. The Morgan fingerprint density at radius 3 is 1.92 bits per heavy atom. The van der Waals surface area contributed by atoms with Crippen molar-refractivity contribution in [2.45, 2.75) is 96.7 Å². The number of aromatic nitrogens is 8. The van der Waals surface area contributed by atoms with E-state index in [0.29, 0.717) is 50.3 Å². The minimum atomic E-state index is -0.423. The molecule has 17 nitrogen and oxygen atoms in total. The van der Waals surface area contributed by atoms with Gasteiger partial charge in [-0.2, -0.15) is 9.97 Å². The second kappa shape index (κ2) is 19.4. The van der Waals surface area contributed by atoms with Gasteiger partial charge < -0.3 is 42.9 Å². The third kappa shape index (κ3) is 10.0. The summed E-state index contributed by atoms with van der Waals surface area (Å²) in [5, 5.41) is 3.28. The number of nitrogens with one attached hydrogen (secondary N) is 1. The Hall–Kier alpha value is -5.94. The number of benzene rings is 2. The number of ether oxygens (including phenoxy) is 6. The van der Waals surface area contributed by atoms with Crippen molar-refractivity contribution in [2.75, 3.05) is 26.8 Å². The van der Waals surface area contributed by atoms with E-state index >= 15 is 0 Å². The predicted molar refractivity (Wildman–Crippen MR) is 235 cm³/mol. The number of rotatable bonds is 11. The summed E-state index contributed by atoms with van der Waals surface area (Å²) in [6.07, 6.45) is 12.2. The van der Waals surface area contributed by atoms with Gasteiger partial charge in [0, 0.05) is 25.0 Å². The first kappa shape index (κ1) is 43.3. The zero-order valence-corrected chi connectivity index (χ0v) is 37.1. The fourth-order valence-corrected chi connectivity index (χ4v) is 9.35. The number of hydrogen-bond acceptors (Lipinski definition) is 14. The lowest BCUT2D eigenvalue weighted by molar-refractivity contribution is -0.145. The second-order valence-electron chi connectivity index (χ2n) is 16.7. The highest BCUT2D eigenvalue weighted by atomic mass is 35.5. The fraction of sp³-hybridized carbons (Fsp3) is 0.467. The Morgan fingerprint density at radius 2 is 1.27 bits per heavy atom. The van der Waals surface area contributed by atoms with Crippen LogP contribution in [0.15, 0.2) is 49.1 Å². The highest BCUT2D eigenvalue weighted by Gasteiger charge is 2.28. The third-order valence-corrected chi connectivity index (χ3v) is 12.7. The summed E-state index contributed by atoms with van der Waals surface area (Å²) in [5.41, 5.74) is 6.65. The topological polar surface area (TPSA) is 189 Å². The number of aryl methyl sites for hydroxylation is 3. The van der Waals surface area contributed by atoms with Gasteiger partial charge in [0.1, 0.15) is 11.0 Å². The van der Waals surface area contributed by atoms with Crippen LogP contribution in [0.5, 0.6) is 23.0 Å². The molecule has 10 rings (SSSR count). The lowest BCUT2D eigenvalue weighted by Gasteiger charge is -2.29. The third-order valence-electron chi connectivity index (χ3n) is 12.4. The molecule has 0 unspecified atom stereocenters. The van der Waals surface area contributed by atoms with Crippen LogP contribution in [0, 0.1) is 25.7 Å². The summed E-state index contributed by atoms with van der Waals surface area (Å²) in [5.74, 6) is 3.41. The molecule has 2 atom stereocenters. The zero-order chi connectivity index (χ0) is 44.2. The first-order chi connectivity index (χ1) is 31.1. The number of fused-ring (bicyclic) bond motifs is 4. The molecule has 6 aromatic rings. The maximum atomic E-state index is 12.2. The van der Waals surface area contributed by atoms with Gasteiger partial charge in [-0.1, -0.05) is 18.6 Å². The van der Waals surface area contributed by atoms with Gasteiger partial charge in [0.05, 0.1) is 37.3 Å². The lowest BCUT2D eigenvalue weighted by atomic mass is 9.86. The number of amides is 1. The van der Waals surface area contributed by atoms with Crippen molar-refractivity contribution in [3.05, 3.63) is 82.1 Å². The first-order valence-corrected chi connectivity index (χ1v) is 22.5. The second-order valence-corrected chi connectivity index (χ2v) is 17.4. The largest absolute Gasteiger partial charge is 0.465 e. The van der Waals surface area contributed by atoms with Gasteiger partial charge in [-0.15, -0.1) is 0 Å². The van der Waals surface area contributed by atoms with Crippen LogP contribution in [0.25, 0.3) is 22.3 Å². The molecule has 2 fully saturated rings. The molecule has 4 aliphatic rings. The quantitative estimate of drug-likeness (QED) is 0.0961. The van der Waals surface area contributed by atoms with E-state index in [1.54, 1.807) is 0 Å². The minimum absolute atomic E-state index is 0.160. The van der Waals surface area contributed by atoms with Crippen LogP contribution < -0.4 is 24.3 Å². The van der Waals surface area contributed by atoms with Gasteiger partial charge in [-0.3, -0.25) is 4.79 Å². The highest BCUT2D eigenvalue weighted by molar-refractivity contribution is 6.28. The van der Waals surface area contributed by atoms with Crippen LogP contribution in [-0.2, 0) is 27.2 Å². The number of hydrogen-bond donors (Lipinski definition) is 1. The summed E-state index contributed by atoms with van der Waals surface area (Å²) < 4.78 is 36.7. The lowest BCUT2D eigenvalue weighted by Crippen LogP contribution is -2.28. The van der Waals surface area contributed by atoms with Gasteiger partial charge in [0.25, 0.3) is 0 Å². The van der Waals surface area contributed by atoms with Crippen molar-refractivity contribution < 1.29 is 38.0 Å². The Kier molecular flexibility index (Phi) is 13.2. The van der Waals surface area contributed by atoms with Crippen molar-refractivity contribution in [1.82, 2.24) is 44.4 Å². The Bertz CT molecular complexity index is 2650. The summed E-state index contributed by atoms with van der Waals surface area (Å²) in [6, 6.07) is 11.9. The van der Waals surface area contributed by atoms with Gasteiger partial charge in [0.2, 0.25) is 24.2 Å². The molecule has 336 valence electrons. The van der Waals surface area contributed by atoms with E-state index in [9.17, 15) is 9.59 Å². The molecule has 1 amide bonds. The Morgan fingerprint density at radius 1 is 0.688 bits per heavy atom. The number of alkyl carbamates (subject to hydrolysis) is 1. The summed E-state index contributed by atoms with van der Waals surface area (Å²) >= 11 is 12.1. The maximum Gasteiger partial charge on any atom is 0.407 e. The summed E-state index contributed by atoms with van der Waals surface area (Å²) in [4.78, 5) is 50.5. The predicted octanol–water partition coefficient (Wildman–Crippen LogP) is 8.60. The van der Waals surface area contributed by atoms with E-state index < -0.39 is 6.09 Å². The van der Waals surface area contributed by atoms with Crippen molar-refractivity contribution in [3.63, 3.8) is 0 Å². The van der Waals surface area contributed by atoms with Gasteiger partial charge >= 0.3 is 12.1 Å². The van der Waals surface area contributed by atoms with Crippen molar-refractivity contribution >= 4 is 57.6 Å².